The van der Waals surface area contributed by atoms with Gasteiger partial charge in [0.2, 0.25) is 0 Å². The minimum Gasteiger partial charge on any atom is -0.313 e. The topological polar surface area (TPSA) is 38.7 Å². The molecule has 2 bridgehead atoms. The molecular formula is C21H23NO2. The zero-order chi connectivity index (χ0) is 16.9. The first-order valence-electron chi connectivity index (χ1n) is 8.70. The lowest BCUT2D eigenvalue weighted by Gasteiger charge is -2.34. The van der Waals surface area contributed by atoms with Gasteiger partial charge in [0.05, 0.1) is 11.3 Å². The maximum Gasteiger partial charge on any atom is 0.366 e. The van der Waals surface area contributed by atoms with Crippen LogP contribution in [-0.2, 0) is 4.84 Å². The molecule has 2 atom stereocenters. The molecular weight excluding hydrogens is 298 g/mol. The van der Waals surface area contributed by atoms with E-state index in [9.17, 15) is 4.79 Å². The Morgan fingerprint density at radius 2 is 1.88 bits per heavy atom. The molecule has 0 heterocycles. The fraction of sp³-hybridized carbons (Fsp3) is 0.429. The first kappa shape index (κ1) is 15.4. The summed E-state index contributed by atoms with van der Waals surface area (Å²) in [6.45, 7) is 6.91. The summed E-state index contributed by atoms with van der Waals surface area (Å²) in [7, 11) is 0. The van der Waals surface area contributed by atoms with Gasteiger partial charge in [-0.2, -0.15) is 0 Å². The zero-order valence-electron chi connectivity index (χ0n) is 14.5. The fourth-order valence-corrected chi connectivity index (χ4v) is 4.62. The van der Waals surface area contributed by atoms with E-state index in [2.05, 4.69) is 25.9 Å². The van der Waals surface area contributed by atoms with Crippen molar-refractivity contribution in [2.75, 3.05) is 0 Å². The summed E-state index contributed by atoms with van der Waals surface area (Å²) in [4.78, 5) is 17.9. The highest BCUT2D eigenvalue weighted by molar-refractivity contribution is 6.04. The molecule has 3 heteroatoms. The third kappa shape index (κ3) is 2.03. The molecule has 124 valence electrons. The second-order valence-electron chi connectivity index (χ2n) is 7.94. The van der Waals surface area contributed by atoms with Crippen LogP contribution in [0.3, 0.4) is 0 Å². The number of carbonyl (C=O) groups is 1. The van der Waals surface area contributed by atoms with E-state index >= 15 is 0 Å². The lowest BCUT2D eigenvalue weighted by molar-refractivity contribution is 0.0510. The Bertz CT molecular complexity index is 847. The van der Waals surface area contributed by atoms with Gasteiger partial charge in [0, 0.05) is 5.41 Å². The van der Waals surface area contributed by atoms with Crippen LogP contribution in [-0.4, -0.2) is 11.7 Å². The number of benzene rings is 2. The van der Waals surface area contributed by atoms with Crippen LogP contribution in [0.1, 0.15) is 50.4 Å². The van der Waals surface area contributed by atoms with Crippen molar-refractivity contribution in [1.82, 2.24) is 0 Å². The van der Waals surface area contributed by atoms with E-state index in [1.807, 2.05) is 36.4 Å². The van der Waals surface area contributed by atoms with E-state index in [0.717, 1.165) is 29.3 Å². The molecule has 2 aliphatic carbocycles. The fourth-order valence-electron chi connectivity index (χ4n) is 4.62. The van der Waals surface area contributed by atoms with E-state index in [1.165, 1.54) is 6.42 Å². The Morgan fingerprint density at radius 1 is 1.12 bits per heavy atom. The lowest BCUT2D eigenvalue weighted by Crippen LogP contribution is -2.32. The third-order valence-corrected chi connectivity index (χ3v) is 6.76. The number of hydrogen-bond donors (Lipinski definition) is 0. The van der Waals surface area contributed by atoms with Crippen molar-refractivity contribution in [3.63, 3.8) is 0 Å². The lowest BCUT2D eigenvalue weighted by atomic mass is 9.70. The number of fused-ring (bicyclic) bond motifs is 3. The smallest absolute Gasteiger partial charge is 0.313 e. The number of carbonyl (C=O) groups excluding carboxylic acids is 1. The van der Waals surface area contributed by atoms with Crippen molar-refractivity contribution in [3.05, 3.63) is 48.0 Å². The molecule has 2 fully saturated rings. The summed E-state index contributed by atoms with van der Waals surface area (Å²) in [5, 5.41) is 6.27. The molecule has 0 N–H and O–H groups in total. The van der Waals surface area contributed by atoms with Crippen molar-refractivity contribution in [2.24, 2.45) is 21.9 Å². The van der Waals surface area contributed by atoms with Gasteiger partial charge in [-0.15, -0.1) is 0 Å². The van der Waals surface area contributed by atoms with Crippen LogP contribution in [0.4, 0.5) is 0 Å². The molecule has 4 rings (SSSR count). The quantitative estimate of drug-likeness (QED) is 0.563. The summed E-state index contributed by atoms with van der Waals surface area (Å²) in [6, 6.07) is 13.5. The summed E-state index contributed by atoms with van der Waals surface area (Å²) in [6.07, 6.45) is 3.33. The van der Waals surface area contributed by atoms with Gasteiger partial charge in [0.25, 0.3) is 0 Å². The molecule has 0 saturated heterocycles. The molecule has 2 aromatic rings. The van der Waals surface area contributed by atoms with E-state index in [4.69, 9.17) is 4.84 Å². The van der Waals surface area contributed by atoms with Crippen molar-refractivity contribution in [2.45, 2.75) is 40.0 Å². The van der Waals surface area contributed by atoms with Crippen molar-refractivity contribution in [3.8, 4) is 0 Å². The molecule has 0 unspecified atom stereocenters. The molecule has 0 aliphatic heterocycles. The number of oxime groups is 1. The molecule has 0 radical (unpaired) electrons. The highest BCUT2D eigenvalue weighted by Crippen LogP contribution is 2.64. The van der Waals surface area contributed by atoms with Gasteiger partial charge in [-0.05, 0) is 47.4 Å². The normalized spacial score (nSPS) is 29.3. The molecule has 2 aliphatic rings. The summed E-state index contributed by atoms with van der Waals surface area (Å²) in [5.74, 6) is 0.279. The highest BCUT2D eigenvalue weighted by Gasteiger charge is 2.60. The minimum absolute atomic E-state index is 0.0523. The summed E-state index contributed by atoms with van der Waals surface area (Å²) in [5.41, 5.74) is 1.91. The summed E-state index contributed by atoms with van der Waals surface area (Å²) < 4.78 is 0. The Morgan fingerprint density at radius 3 is 2.58 bits per heavy atom. The molecule has 0 amide bonds. The Labute approximate surface area is 142 Å². The molecule has 24 heavy (non-hydrogen) atoms. The van der Waals surface area contributed by atoms with Crippen molar-refractivity contribution < 1.29 is 9.63 Å². The number of nitrogens with zero attached hydrogens (tertiary/aromatic N) is 1. The SMILES string of the molecule is CC1(C)[C@H]2CC[C@]1(C)/C(=N\OC(=O)c1cccc3ccccc13)C2. The van der Waals surface area contributed by atoms with E-state index in [1.54, 1.807) is 6.07 Å². The molecule has 2 aromatic carbocycles. The maximum absolute atomic E-state index is 12.6. The minimum atomic E-state index is -0.372. The predicted molar refractivity (Wildman–Crippen MR) is 96.0 cm³/mol. The largest absolute Gasteiger partial charge is 0.366 e. The van der Waals surface area contributed by atoms with E-state index in [-0.39, 0.29) is 16.8 Å². The standard InChI is InChI=1S/C21H23NO2/c1-20(2)15-11-12-21(20,3)18(13-15)22-24-19(23)17-10-6-8-14-7-4-5-9-16(14)17/h4-10,15H,11-13H2,1-3H3/b22-18-/t15-,21+/m0/s1. The Kier molecular flexibility index (Phi) is 3.31. The van der Waals surface area contributed by atoms with Crippen molar-refractivity contribution >= 4 is 22.5 Å². The second kappa shape index (κ2) is 5.17. The summed E-state index contributed by atoms with van der Waals surface area (Å²) >= 11 is 0. The van der Waals surface area contributed by atoms with Gasteiger partial charge in [0.1, 0.15) is 0 Å². The zero-order valence-corrected chi connectivity index (χ0v) is 14.5. The monoisotopic (exact) mass is 321 g/mol. The van der Waals surface area contributed by atoms with Crippen LogP contribution < -0.4 is 0 Å². The highest BCUT2D eigenvalue weighted by atomic mass is 16.7. The average Bonchev–Trinajstić information content (AvgIpc) is 2.92. The molecule has 3 nitrogen and oxygen atoms in total. The van der Waals surface area contributed by atoms with E-state index in [0.29, 0.717) is 11.5 Å². The van der Waals surface area contributed by atoms with Gasteiger partial charge in [-0.25, -0.2) is 4.79 Å². The van der Waals surface area contributed by atoms with Crippen LogP contribution in [0.25, 0.3) is 10.8 Å². The van der Waals surface area contributed by atoms with Crippen LogP contribution in [0.5, 0.6) is 0 Å². The number of rotatable bonds is 2. The first-order chi connectivity index (χ1) is 11.4. The van der Waals surface area contributed by atoms with Crippen molar-refractivity contribution in [1.29, 1.82) is 0 Å². The molecule has 0 spiro atoms. The average molecular weight is 321 g/mol. The third-order valence-electron chi connectivity index (χ3n) is 6.76. The predicted octanol–water partition coefficient (Wildman–Crippen LogP) is 5.20. The Balaban J connectivity index is 1.62. The van der Waals surface area contributed by atoms with Crippen LogP contribution >= 0.6 is 0 Å². The van der Waals surface area contributed by atoms with Gasteiger partial charge >= 0.3 is 5.97 Å². The molecule has 0 aromatic heterocycles. The second-order valence-corrected chi connectivity index (χ2v) is 7.94. The van der Waals surface area contributed by atoms with Gasteiger partial charge in [-0.3, -0.25) is 0 Å². The van der Waals surface area contributed by atoms with E-state index < -0.39 is 0 Å². The van der Waals surface area contributed by atoms with Crippen LogP contribution in [0.2, 0.25) is 0 Å². The first-order valence-corrected chi connectivity index (χ1v) is 8.70. The molecule has 2 saturated carbocycles. The van der Waals surface area contributed by atoms with Crippen LogP contribution in [0, 0.1) is 16.7 Å². The van der Waals surface area contributed by atoms with Gasteiger partial charge in [0.15, 0.2) is 0 Å². The number of hydrogen-bond acceptors (Lipinski definition) is 3. The van der Waals surface area contributed by atoms with Crippen LogP contribution in [0.15, 0.2) is 47.6 Å². The Hall–Kier alpha value is -2.16. The van der Waals surface area contributed by atoms with Gasteiger partial charge < -0.3 is 4.84 Å². The van der Waals surface area contributed by atoms with Gasteiger partial charge in [-0.1, -0.05) is 62.3 Å². The maximum atomic E-state index is 12.6.